The average Bonchev–Trinajstić information content (AvgIpc) is 3.00. The number of aromatic hydroxyl groups is 1. The summed E-state index contributed by atoms with van der Waals surface area (Å²) in [6, 6.07) is 2.36. The molecule has 0 saturated heterocycles. The molecule has 1 saturated carbocycles. The molecule has 0 radical (unpaired) electrons. The molecule has 0 spiro atoms. The normalized spacial score (nSPS) is 16.6. The Balaban J connectivity index is 2.39. The first-order chi connectivity index (χ1) is 7.98. The largest absolute Gasteiger partial charge is 0.504 e. The summed E-state index contributed by atoms with van der Waals surface area (Å²) in [6.45, 7) is 0. The van der Waals surface area contributed by atoms with Crippen molar-refractivity contribution >= 4 is 5.97 Å². The van der Waals surface area contributed by atoms with Gasteiger partial charge in [0.1, 0.15) is 5.82 Å². The number of carboxylic acids is 1. The third-order valence-corrected chi connectivity index (χ3v) is 3.18. The number of phenols is 1. The molecule has 2 rings (SSSR count). The van der Waals surface area contributed by atoms with Gasteiger partial charge >= 0.3 is 5.97 Å². The van der Waals surface area contributed by atoms with E-state index >= 15 is 0 Å². The van der Waals surface area contributed by atoms with Crippen LogP contribution in [0.1, 0.15) is 24.8 Å². The molecule has 1 aromatic rings. The molecule has 5 heteroatoms. The lowest BCUT2D eigenvalue weighted by molar-refractivity contribution is -0.137. The SMILES string of the molecule is COc1cc(F)c(C2(CC(=O)O)CC2)cc1O. The Bertz CT molecular complexity index is 466. The number of aliphatic carboxylic acids is 1. The second-order valence-corrected chi connectivity index (χ2v) is 4.35. The number of carbonyl (C=O) groups is 1. The maximum Gasteiger partial charge on any atom is 0.304 e. The van der Waals surface area contributed by atoms with Crippen LogP contribution in [0.5, 0.6) is 11.5 Å². The van der Waals surface area contributed by atoms with Crippen molar-refractivity contribution in [1.82, 2.24) is 0 Å². The van der Waals surface area contributed by atoms with Crippen LogP contribution in [0.4, 0.5) is 4.39 Å². The molecule has 0 amide bonds. The van der Waals surface area contributed by atoms with Crippen LogP contribution < -0.4 is 4.74 Å². The Hall–Kier alpha value is -1.78. The molecule has 17 heavy (non-hydrogen) atoms. The van der Waals surface area contributed by atoms with E-state index in [9.17, 15) is 14.3 Å². The molecular formula is C12H13FO4. The van der Waals surface area contributed by atoms with E-state index in [2.05, 4.69) is 0 Å². The molecule has 0 heterocycles. The van der Waals surface area contributed by atoms with Gasteiger partial charge in [0.25, 0.3) is 0 Å². The Morgan fingerprint density at radius 2 is 2.18 bits per heavy atom. The summed E-state index contributed by atoms with van der Waals surface area (Å²) >= 11 is 0. The lowest BCUT2D eigenvalue weighted by Gasteiger charge is -2.15. The van der Waals surface area contributed by atoms with Gasteiger partial charge in [-0.15, -0.1) is 0 Å². The smallest absolute Gasteiger partial charge is 0.304 e. The van der Waals surface area contributed by atoms with E-state index in [0.29, 0.717) is 12.8 Å². The molecule has 0 unspecified atom stereocenters. The lowest BCUT2D eigenvalue weighted by Crippen LogP contribution is -2.14. The molecule has 1 aliphatic carbocycles. The highest BCUT2D eigenvalue weighted by Gasteiger charge is 2.48. The zero-order valence-corrected chi connectivity index (χ0v) is 9.36. The molecular weight excluding hydrogens is 227 g/mol. The minimum Gasteiger partial charge on any atom is -0.504 e. The molecule has 0 bridgehead atoms. The molecule has 0 aromatic heterocycles. The molecule has 4 nitrogen and oxygen atoms in total. The number of hydrogen-bond donors (Lipinski definition) is 2. The van der Waals surface area contributed by atoms with Gasteiger partial charge in [0.15, 0.2) is 11.5 Å². The van der Waals surface area contributed by atoms with E-state index in [1.165, 1.54) is 13.2 Å². The van der Waals surface area contributed by atoms with E-state index < -0.39 is 17.2 Å². The van der Waals surface area contributed by atoms with Crippen LogP contribution in [-0.4, -0.2) is 23.3 Å². The van der Waals surface area contributed by atoms with Crippen LogP contribution in [0.2, 0.25) is 0 Å². The fraction of sp³-hybridized carbons (Fsp3) is 0.417. The first kappa shape index (κ1) is 11.7. The summed E-state index contributed by atoms with van der Waals surface area (Å²) in [4.78, 5) is 10.7. The van der Waals surface area contributed by atoms with Gasteiger partial charge in [-0.1, -0.05) is 0 Å². The van der Waals surface area contributed by atoms with Gasteiger partial charge in [0.05, 0.1) is 13.5 Å². The number of rotatable bonds is 4. The average molecular weight is 240 g/mol. The maximum atomic E-state index is 13.8. The standard InChI is InChI=1S/C12H13FO4/c1-17-10-5-8(13)7(4-9(10)14)12(2-3-12)6-11(15)16/h4-5,14H,2-3,6H2,1H3,(H,15,16). The topological polar surface area (TPSA) is 66.8 Å². The Morgan fingerprint density at radius 1 is 1.53 bits per heavy atom. The minimum absolute atomic E-state index is 0.0531. The Morgan fingerprint density at radius 3 is 2.65 bits per heavy atom. The predicted molar refractivity (Wildman–Crippen MR) is 57.8 cm³/mol. The van der Waals surface area contributed by atoms with Crippen molar-refractivity contribution in [2.45, 2.75) is 24.7 Å². The van der Waals surface area contributed by atoms with Gasteiger partial charge in [-0.05, 0) is 24.5 Å². The number of carboxylic acid groups (broad SMARTS) is 1. The second kappa shape index (κ2) is 3.91. The van der Waals surface area contributed by atoms with Crippen molar-refractivity contribution in [3.05, 3.63) is 23.5 Å². The van der Waals surface area contributed by atoms with Crippen LogP contribution in [0.3, 0.4) is 0 Å². The summed E-state index contributed by atoms with van der Waals surface area (Å²) in [5.41, 5.74) is -0.391. The summed E-state index contributed by atoms with van der Waals surface area (Å²) in [6.07, 6.45) is 1.14. The summed E-state index contributed by atoms with van der Waals surface area (Å²) in [5, 5.41) is 18.4. The summed E-state index contributed by atoms with van der Waals surface area (Å²) < 4.78 is 18.6. The third kappa shape index (κ3) is 2.05. The van der Waals surface area contributed by atoms with Crippen molar-refractivity contribution in [3.8, 4) is 11.5 Å². The lowest BCUT2D eigenvalue weighted by atomic mass is 9.91. The van der Waals surface area contributed by atoms with Crippen LogP contribution in [-0.2, 0) is 10.2 Å². The van der Waals surface area contributed by atoms with Crippen LogP contribution in [0.25, 0.3) is 0 Å². The zero-order chi connectivity index (χ0) is 12.6. The molecule has 1 aliphatic rings. The van der Waals surface area contributed by atoms with Gasteiger partial charge in [-0.2, -0.15) is 0 Å². The van der Waals surface area contributed by atoms with Crippen LogP contribution in [0, 0.1) is 5.82 Å². The Kier molecular flexibility index (Phi) is 2.69. The van der Waals surface area contributed by atoms with E-state index in [4.69, 9.17) is 9.84 Å². The van der Waals surface area contributed by atoms with E-state index in [1.807, 2.05) is 0 Å². The molecule has 1 aromatic carbocycles. The summed E-state index contributed by atoms with van der Waals surface area (Å²) in [5.74, 6) is -1.60. The number of halogens is 1. The fourth-order valence-electron chi connectivity index (χ4n) is 2.10. The van der Waals surface area contributed by atoms with E-state index in [1.54, 1.807) is 0 Å². The van der Waals surface area contributed by atoms with Crippen molar-refractivity contribution in [2.24, 2.45) is 0 Å². The highest BCUT2D eigenvalue weighted by molar-refractivity contribution is 5.70. The van der Waals surface area contributed by atoms with Gasteiger partial charge in [-0.25, -0.2) is 4.39 Å². The fourth-order valence-corrected chi connectivity index (χ4v) is 2.10. The maximum absolute atomic E-state index is 13.8. The molecule has 0 atom stereocenters. The highest BCUT2D eigenvalue weighted by Crippen LogP contribution is 2.53. The number of phenolic OH excluding ortho intramolecular Hbond substituents is 1. The van der Waals surface area contributed by atoms with Gasteiger partial charge in [-0.3, -0.25) is 4.79 Å². The second-order valence-electron chi connectivity index (χ2n) is 4.35. The van der Waals surface area contributed by atoms with Crippen LogP contribution in [0.15, 0.2) is 12.1 Å². The van der Waals surface area contributed by atoms with Gasteiger partial charge in [0.2, 0.25) is 0 Å². The summed E-state index contributed by atoms with van der Waals surface area (Å²) in [7, 11) is 1.33. The third-order valence-electron chi connectivity index (χ3n) is 3.18. The predicted octanol–water partition coefficient (Wildman–Crippen LogP) is 2.05. The highest BCUT2D eigenvalue weighted by atomic mass is 19.1. The number of methoxy groups -OCH3 is 1. The van der Waals surface area contributed by atoms with Crippen LogP contribution >= 0.6 is 0 Å². The van der Waals surface area contributed by atoms with Crippen molar-refractivity contribution in [3.63, 3.8) is 0 Å². The molecule has 2 N–H and O–H groups in total. The van der Waals surface area contributed by atoms with Crippen molar-refractivity contribution < 1.29 is 24.1 Å². The number of benzene rings is 1. The first-order valence-corrected chi connectivity index (χ1v) is 5.27. The van der Waals surface area contributed by atoms with Crippen molar-refractivity contribution in [1.29, 1.82) is 0 Å². The van der Waals surface area contributed by atoms with Crippen molar-refractivity contribution in [2.75, 3.05) is 7.11 Å². The molecule has 92 valence electrons. The van der Waals surface area contributed by atoms with Gasteiger partial charge < -0.3 is 14.9 Å². The quantitative estimate of drug-likeness (QED) is 0.845. The zero-order valence-electron chi connectivity index (χ0n) is 9.36. The van der Waals surface area contributed by atoms with Gasteiger partial charge in [0, 0.05) is 11.5 Å². The minimum atomic E-state index is -0.961. The number of ether oxygens (including phenoxy) is 1. The molecule has 0 aliphatic heterocycles. The van der Waals surface area contributed by atoms with E-state index in [0.717, 1.165) is 6.07 Å². The Labute approximate surface area is 97.6 Å². The molecule has 1 fully saturated rings. The number of hydrogen-bond acceptors (Lipinski definition) is 3. The first-order valence-electron chi connectivity index (χ1n) is 5.27. The van der Waals surface area contributed by atoms with E-state index in [-0.39, 0.29) is 23.5 Å². The monoisotopic (exact) mass is 240 g/mol.